The Kier molecular flexibility index (Phi) is 2.15. The molecule has 1 aliphatic rings. The highest BCUT2D eigenvalue weighted by atomic mass is 16.3. The van der Waals surface area contributed by atoms with Crippen LogP contribution in [0.25, 0.3) is 0 Å². The van der Waals surface area contributed by atoms with Gasteiger partial charge in [0.15, 0.2) is 0 Å². The predicted molar refractivity (Wildman–Crippen MR) is 52.9 cm³/mol. The van der Waals surface area contributed by atoms with Crippen LogP contribution in [-0.4, -0.2) is 17.9 Å². The molecule has 1 N–H and O–H groups in total. The van der Waals surface area contributed by atoms with E-state index in [0.717, 1.165) is 18.5 Å². The van der Waals surface area contributed by atoms with Crippen LogP contribution >= 0.6 is 0 Å². The summed E-state index contributed by atoms with van der Waals surface area (Å²) in [5.41, 5.74) is 0.323. The summed E-state index contributed by atoms with van der Waals surface area (Å²) in [7, 11) is 0. The number of nitrogens with zero attached hydrogens (tertiary/aromatic N) is 1. The molecule has 13 heavy (non-hydrogen) atoms. The fraction of sp³-hybridized carbons (Fsp3) is 0.364. The molecule has 0 aromatic heterocycles. The second-order valence-corrected chi connectivity index (χ2v) is 3.44. The fourth-order valence-corrected chi connectivity index (χ4v) is 1.67. The summed E-state index contributed by atoms with van der Waals surface area (Å²) in [5, 5.41) is 10.3. The molecule has 0 bridgehead atoms. The molecule has 0 amide bonds. The van der Waals surface area contributed by atoms with Crippen molar-refractivity contribution in [2.75, 3.05) is 6.54 Å². The number of aliphatic hydroxyl groups is 1. The zero-order valence-electron chi connectivity index (χ0n) is 7.48. The summed E-state index contributed by atoms with van der Waals surface area (Å²) in [4.78, 5) is 4.11. The summed E-state index contributed by atoms with van der Waals surface area (Å²) >= 11 is 0. The van der Waals surface area contributed by atoms with Crippen molar-refractivity contribution in [3.05, 3.63) is 35.9 Å². The first-order valence-corrected chi connectivity index (χ1v) is 4.57. The van der Waals surface area contributed by atoms with Gasteiger partial charge in [0.1, 0.15) is 0 Å². The zero-order chi connectivity index (χ0) is 9.15. The van der Waals surface area contributed by atoms with Crippen LogP contribution < -0.4 is 0 Å². The Morgan fingerprint density at radius 3 is 2.62 bits per heavy atom. The lowest BCUT2D eigenvalue weighted by molar-refractivity contribution is 0.0351. The van der Waals surface area contributed by atoms with E-state index in [1.807, 2.05) is 36.5 Å². The molecule has 0 fully saturated rings. The van der Waals surface area contributed by atoms with Gasteiger partial charge in [0.05, 0.1) is 5.60 Å². The highest BCUT2D eigenvalue weighted by Crippen LogP contribution is 2.29. The van der Waals surface area contributed by atoms with Gasteiger partial charge >= 0.3 is 0 Å². The Bertz CT molecular complexity index is 307. The molecule has 0 spiro atoms. The van der Waals surface area contributed by atoms with Gasteiger partial charge in [0.25, 0.3) is 0 Å². The van der Waals surface area contributed by atoms with E-state index in [1.54, 1.807) is 0 Å². The first-order chi connectivity index (χ1) is 6.31. The van der Waals surface area contributed by atoms with E-state index in [0.29, 0.717) is 6.42 Å². The number of benzene rings is 1. The molecule has 2 nitrogen and oxygen atoms in total. The number of aliphatic imine (C=N–C) groups is 1. The molecular formula is C11H13NO. The topological polar surface area (TPSA) is 32.6 Å². The number of hydrogen-bond acceptors (Lipinski definition) is 2. The van der Waals surface area contributed by atoms with Crippen LogP contribution in [0.4, 0.5) is 0 Å². The highest BCUT2D eigenvalue weighted by molar-refractivity contribution is 5.60. The van der Waals surface area contributed by atoms with Crippen LogP contribution in [0.15, 0.2) is 35.3 Å². The molecule has 1 unspecified atom stereocenters. The summed E-state index contributed by atoms with van der Waals surface area (Å²) in [6.45, 7) is 0.728. The second-order valence-electron chi connectivity index (χ2n) is 3.44. The zero-order valence-corrected chi connectivity index (χ0v) is 7.48. The largest absolute Gasteiger partial charge is 0.385 e. The first kappa shape index (κ1) is 8.45. The van der Waals surface area contributed by atoms with Crippen molar-refractivity contribution >= 4 is 6.21 Å². The fourth-order valence-electron chi connectivity index (χ4n) is 1.67. The lowest BCUT2D eigenvalue weighted by Crippen LogP contribution is -2.29. The van der Waals surface area contributed by atoms with Crippen LogP contribution in [0.5, 0.6) is 0 Å². The van der Waals surface area contributed by atoms with Gasteiger partial charge in [-0.2, -0.15) is 0 Å². The molecule has 2 rings (SSSR count). The third-order valence-electron chi connectivity index (χ3n) is 2.52. The molecule has 2 heteroatoms. The molecule has 1 atom stereocenters. The van der Waals surface area contributed by atoms with Crippen molar-refractivity contribution in [2.24, 2.45) is 4.99 Å². The minimum Gasteiger partial charge on any atom is -0.385 e. The van der Waals surface area contributed by atoms with E-state index in [1.165, 1.54) is 0 Å². The third-order valence-corrected chi connectivity index (χ3v) is 2.52. The maximum Gasteiger partial charge on any atom is 0.0963 e. The Hall–Kier alpha value is -1.15. The normalized spacial score (nSPS) is 27.5. The lowest BCUT2D eigenvalue weighted by atomic mass is 9.86. The van der Waals surface area contributed by atoms with Crippen molar-refractivity contribution in [3.8, 4) is 0 Å². The molecule has 0 radical (unpaired) electrons. The van der Waals surface area contributed by atoms with Gasteiger partial charge in [-0.05, 0) is 5.56 Å². The van der Waals surface area contributed by atoms with Gasteiger partial charge in [-0.3, -0.25) is 4.99 Å². The predicted octanol–water partition coefficient (Wildman–Crippen LogP) is 1.74. The smallest absolute Gasteiger partial charge is 0.0963 e. The Labute approximate surface area is 77.9 Å². The SMILES string of the molecule is OC1(c2ccccc2)CC=NCC1. The minimum absolute atomic E-state index is 0.636. The molecule has 68 valence electrons. The molecule has 1 heterocycles. The van der Waals surface area contributed by atoms with Crippen LogP contribution in [0.1, 0.15) is 18.4 Å². The second kappa shape index (κ2) is 3.30. The van der Waals surface area contributed by atoms with E-state index >= 15 is 0 Å². The van der Waals surface area contributed by atoms with Gasteiger partial charge in [0, 0.05) is 25.6 Å². The summed E-state index contributed by atoms with van der Waals surface area (Å²) in [6.07, 6.45) is 3.18. The molecule has 1 aliphatic heterocycles. The van der Waals surface area contributed by atoms with Gasteiger partial charge in [-0.15, -0.1) is 0 Å². The van der Waals surface area contributed by atoms with E-state index in [4.69, 9.17) is 0 Å². The van der Waals surface area contributed by atoms with Gasteiger partial charge in [-0.1, -0.05) is 30.3 Å². The van der Waals surface area contributed by atoms with E-state index in [-0.39, 0.29) is 0 Å². The quantitative estimate of drug-likeness (QED) is 0.692. The van der Waals surface area contributed by atoms with Gasteiger partial charge in [0.2, 0.25) is 0 Å². The third kappa shape index (κ3) is 1.63. The summed E-state index contributed by atoms with van der Waals surface area (Å²) in [6, 6.07) is 9.82. The lowest BCUT2D eigenvalue weighted by Gasteiger charge is -2.29. The molecule has 0 saturated heterocycles. The average Bonchev–Trinajstić information content (AvgIpc) is 2.20. The molecule has 1 aromatic carbocycles. The maximum absolute atomic E-state index is 10.3. The van der Waals surface area contributed by atoms with Crippen molar-refractivity contribution in [1.82, 2.24) is 0 Å². The number of hydrogen-bond donors (Lipinski definition) is 1. The van der Waals surface area contributed by atoms with Crippen molar-refractivity contribution < 1.29 is 5.11 Å². The Balaban J connectivity index is 2.29. The molecule has 0 aliphatic carbocycles. The molecule has 0 saturated carbocycles. The van der Waals surface area contributed by atoms with Crippen LogP contribution in [0, 0.1) is 0 Å². The Morgan fingerprint density at radius 2 is 2.00 bits per heavy atom. The first-order valence-electron chi connectivity index (χ1n) is 4.57. The van der Waals surface area contributed by atoms with Gasteiger partial charge < -0.3 is 5.11 Å². The van der Waals surface area contributed by atoms with Crippen molar-refractivity contribution in [2.45, 2.75) is 18.4 Å². The van der Waals surface area contributed by atoms with Crippen LogP contribution in [-0.2, 0) is 5.60 Å². The van der Waals surface area contributed by atoms with E-state index in [2.05, 4.69) is 4.99 Å². The standard InChI is InChI=1S/C11H13NO/c13-11(6-8-12-9-7-11)10-4-2-1-3-5-10/h1-5,8,13H,6-7,9H2. The van der Waals surface area contributed by atoms with Crippen LogP contribution in [0.3, 0.4) is 0 Å². The molecule has 1 aromatic rings. The monoisotopic (exact) mass is 175 g/mol. The van der Waals surface area contributed by atoms with E-state index in [9.17, 15) is 5.11 Å². The summed E-state index contributed by atoms with van der Waals surface area (Å²) in [5.74, 6) is 0. The maximum atomic E-state index is 10.3. The van der Waals surface area contributed by atoms with Gasteiger partial charge in [-0.25, -0.2) is 0 Å². The average molecular weight is 175 g/mol. The van der Waals surface area contributed by atoms with Crippen molar-refractivity contribution in [1.29, 1.82) is 0 Å². The minimum atomic E-state index is -0.678. The van der Waals surface area contributed by atoms with Crippen molar-refractivity contribution in [3.63, 3.8) is 0 Å². The highest BCUT2D eigenvalue weighted by Gasteiger charge is 2.29. The summed E-state index contributed by atoms with van der Waals surface area (Å²) < 4.78 is 0. The molecular weight excluding hydrogens is 162 g/mol. The van der Waals surface area contributed by atoms with E-state index < -0.39 is 5.60 Å². The Morgan fingerprint density at radius 1 is 1.23 bits per heavy atom. The van der Waals surface area contributed by atoms with Crippen LogP contribution in [0.2, 0.25) is 0 Å². The number of rotatable bonds is 1.